The highest BCUT2D eigenvalue weighted by Crippen LogP contribution is 2.28. The van der Waals surface area contributed by atoms with Gasteiger partial charge in [0.2, 0.25) is 0 Å². The van der Waals surface area contributed by atoms with Gasteiger partial charge in [0.15, 0.2) is 11.7 Å². The molecule has 118 valence electrons. The maximum Gasteiger partial charge on any atom is 0.264 e. The van der Waals surface area contributed by atoms with E-state index in [1.807, 2.05) is 36.4 Å². The number of thiazole rings is 1. The molecule has 3 rings (SSSR count). The predicted octanol–water partition coefficient (Wildman–Crippen LogP) is 4.53. The van der Waals surface area contributed by atoms with Gasteiger partial charge in [-0.1, -0.05) is 42.0 Å². The largest absolute Gasteiger partial charge is 0.484 e. The van der Waals surface area contributed by atoms with Gasteiger partial charge in [-0.05, 0) is 42.3 Å². The van der Waals surface area contributed by atoms with Gasteiger partial charge in [-0.2, -0.15) is 0 Å². The number of nitrogens with zero attached hydrogens (tertiary/aromatic N) is 1. The first-order valence-electron chi connectivity index (χ1n) is 7.21. The fourth-order valence-corrected chi connectivity index (χ4v) is 3.27. The first kappa shape index (κ1) is 15.8. The van der Waals surface area contributed by atoms with Crippen LogP contribution in [0.3, 0.4) is 0 Å². The molecule has 0 atom stereocenters. The molecule has 6 heteroatoms. The summed E-state index contributed by atoms with van der Waals surface area (Å²) in [6, 6.07) is 13.2. The number of rotatable bonds is 5. The van der Waals surface area contributed by atoms with Crippen LogP contribution in [0.15, 0.2) is 42.5 Å². The molecule has 1 heterocycles. The number of hydrogen-bond acceptors (Lipinski definition) is 4. The molecule has 2 aromatic carbocycles. The highest BCUT2D eigenvalue weighted by Gasteiger charge is 2.09. The van der Waals surface area contributed by atoms with Crippen molar-refractivity contribution in [3.8, 4) is 5.75 Å². The van der Waals surface area contributed by atoms with E-state index in [0.717, 1.165) is 16.6 Å². The van der Waals surface area contributed by atoms with Crippen molar-refractivity contribution in [1.29, 1.82) is 0 Å². The summed E-state index contributed by atoms with van der Waals surface area (Å²) in [5.41, 5.74) is 1.98. The zero-order valence-corrected chi connectivity index (χ0v) is 14.1. The maximum atomic E-state index is 12.0. The summed E-state index contributed by atoms with van der Waals surface area (Å²) in [6.45, 7) is 2.02. The Morgan fingerprint density at radius 2 is 2.17 bits per heavy atom. The summed E-state index contributed by atoms with van der Waals surface area (Å²) in [7, 11) is 0. The van der Waals surface area contributed by atoms with Gasteiger partial charge in [0.05, 0.1) is 10.2 Å². The third kappa shape index (κ3) is 4.00. The Labute approximate surface area is 143 Å². The highest BCUT2D eigenvalue weighted by molar-refractivity contribution is 7.22. The lowest BCUT2D eigenvalue weighted by Crippen LogP contribution is -2.20. The first-order chi connectivity index (χ1) is 11.1. The Kier molecular flexibility index (Phi) is 4.79. The molecule has 0 radical (unpaired) electrons. The van der Waals surface area contributed by atoms with Gasteiger partial charge in [-0.25, -0.2) is 4.98 Å². The van der Waals surface area contributed by atoms with Crippen molar-refractivity contribution in [2.45, 2.75) is 13.3 Å². The molecule has 0 saturated heterocycles. The molecule has 0 fully saturated rings. The molecular weight excluding hydrogens is 332 g/mol. The Balaban J connectivity index is 1.61. The Morgan fingerprint density at radius 3 is 3.00 bits per heavy atom. The normalized spacial score (nSPS) is 10.7. The minimum absolute atomic E-state index is 0.0517. The smallest absolute Gasteiger partial charge is 0.264 e. The van der Waals surface area contributed by atoms with Gasteiger partial charge in [0.25, 0.3) is 5.91 Å². The van der Waals surface area contributed by atoms with E-state index in [4.69, 9.17) is 16.3 Å². The zero-order valence-electron chi connectivity index (χ0n) is 12.5. The van der Waals surface area contributed by atoms with E-state index in [9.17, 15) is 4.79 Å². The number of carbonyl (C=O) groups excluding carboxylic acids is 1. The van der Waals surface area contributed by atoms with Crippen LogP contribution in [0.5, 0.6) is 5.75 Å². The average Bonchev–Trinajstić information content (AvgIpc) is 2.94. The maximum absolute atomic E-state index is 12.0. The second-order valence-corrected chi connectivity index (χ2v) is 6.44. The third-order valence-electron chi connectivity index (χ3n) is 3.27. The number of anilines is 1. The standard InChI is InChI=1S/C17H15ClN2O2S/c1-2-11-4-3-5-13(8-11)22-10-16(21)20-17-19-14-7-6-12(18)9-15(14)23-17/h3-9H,2,10H2,1H3,(H,19,20,21). The molecule has 0 aliphatic carbocycles. The monoisotopic (exact) mass is 346 g/mol. The summed E-state index contributed by atoms with van der Waals surface area (Å²) < 4.78 is 6.45. The predicted molar refractivity (Wildman–Crippen MR) is 94.6 cm³/mol. The van der Waals surface area contributed by atoms with Crippen molar-refractivity contribution in [1.82, 2.24) is 4.98 Å². The second-order valence-electron chi connectivity index (χ2n) is 4.97. The van der Waals surface area contributed by atoms with Crippen molar-refractivity contribution < 1.29 is 9.53 Å². The van der Waals surface area contributed by atoms with E-state index in [1.165, 1.54) is 16.9 Å². The van der Waals surface area contributed by atoms with Gasteiger partial charge in [-0.3, -0.25) is 10.1 Å². The van der Waals surface area contributed by atoms with Gasteiger partial charge in [0.1, 0.15) is 5.75 Å². The molecule has 0 bridgehead atoms. The van der Waals surface area contributed by atoms with Crippen LogP contribution in [-0.2, 0) is 11.2 Å². The van der Waals surface area contributed by atoms with Crippen LogP contribution in [0.2, 0.25) is 5.02 Å². The number of ether oxygens (including phenoxy) is 1. The number of benzene rings is 2. The fraction of sp³-hybridized carbons (Fsp3) is 0.176. The summed E-state index contributed by atoms with van der Waals surface area (Å²) in [4.78, 5) is 16.3. The van der Waals surface area contributed by atoms with Crippen LogP contribution in [0, 0.1) is 0 Å². The number of amides is 1. The van der Waals surface area contributed by atoms with Crippen LogP contribution in [0.1, 0.15) is 12.5 Å². The third-order valence-corrected chi connectivity index (χ3v) is 4.44. The number of carbonyl (C=O) groups is 1. The van der Waals surface area contributed by atoms with Crippen LogP contribution in [0.4, 0.5) is 5.13 Å². The van der Waals surface area contributed by atoms with Crippen LogP contribution < -0.4 is 10.1 Å². The number of fused-ring (bicyclic) bond motifs is 1. The molecule has 0 aliphatic heterocycles. The summed E-state index contributed by atoms with van der Waals surface area (Å²) in [5.74, 6) is 0.452. The topological polar surface area (TPSA) is 51.2 Å². The van der Waals surface area contributed by atoms with Gasteiger partial charge in [-0.15, -0.1) is 0 Å². The Bertz CT molecular complexity index is 847. The molecule has 0 unspecified atom stereocenters. The number of aryl methyl sites for hydroxylation is 1. The minimum atomic E-state index is -0.239. The lowest BCUT2D eigenvalue weighted by Gasteiger charge is -2.06. The quantitative estimate of drug-likeness (QED) is 0.738. The molecule has 1 aromatic heterocycles. The van der Waals surface area contributed by atoms with E-state index in [1.54, 1.807) is 6.07 Å². The molecule has 0 saturated carbocycles. The molecule has 0 spiro atoms. The molecule has 3 aromatic rings. The number of nitrogens with one attached hydrogen (secondary N) is 1. The lowest BCUT2D eigenvalue weighted by molar-refractivity contribution is -0.118. The highest BCUT2D eigenvalue weighted by atomic mass is 35.5. The minimum Gasteiger partial charge on any atom is -0.484 e. The molecule has 4 nitrogen and oxygen atoms in total. The van der Waals surface area contributed by atoms with Crippen molar-refractivity contribution in [2.24, 2.45) is 0 Å². The lowest BCUT2D eigenvalue weighted by atomic mass is 10.2. The van der Waals surface area contributed by atoms with E-state index < -0.39 is 0 Å². The Hall–Kier alpha value is -2.11. The average molecular weight is 347 g/mol. The summed E-state index contributed by atoms with van der Waals surface area (Å²) in [6.07, 6.45) is 0.928. The fourth-order valence-electron chi connectivity index (χ4n) is 2.11. The molecule has 0 aliphatic rings. The number of halogens is 1. The summed E-state index contributed by atoms with van der Waals surface area (Å²) in [5, 5.41) is 3.94. The molecule has 23 heavy (non-hydrogen) atoms. The number of aromatic nitrogens is 1. The first-order valence-corrected chi connectivity index (χ1v) is 8.41. The van der Waals surface area contributed by atoms with Crippen molar-refractivity contribution in [2.75, 3.05) is 11.9 Å². The van der Waals surface area contributed by atoms with E-state index >= 15 is 0 Å². The summed E-state index contributed by atoms with van der Waals surface area (Å²) >= 11 is 7.33. The van der Waals surface area contributed by atoms with E-state index in [2.05, 4.69) is 17.2 Å². The van der Waals surface area contributed by atoms with Crippen LogP contribution in [-0.4, -0.2) is 17.5 Å². The SMILES string of the molecule is CCc1cccc(OCC(=O)Nc2nc3ccc(Cl)cc3s2)c1. The van der Waals surface area contributed by atoms with Crippen LogP contribution >= 0.6 is 22.9 Å². The number of hydrogen-bond donors (Lipinski definition) is 1. The van der Waals surface area contributed by atoms with Gasteiger partial charge < -0.3 is 4.74 Å². The van der Waals surface area contributed by atoms with Crippen molar-refractivity contribution in [3.63, 3.8) is 0 Å². The van der Waals surface area contributed by atoms with Gasteiger partial charge in [0, 0.05) is 5.02 Å². The van der Waals surface area contributed by atoms with Crippen molar-refractivity contribution in [3.05, 3.63) is 53.1 Å². The van der Waals surface area contributed by atoms with Crippen LogP contribution in [0.25, 0.3) is 10.2 Å². The molecule has 1 amide bonds. The molecule has 1 N–H and O–H groups in total. The van der Waals surface area contributed by atoms with E-state index in [-0.39, 0.29) is 12.5 Å². The van der Waals surface area contributed by atoms with Crippen molar-refractivity contribution >= 4 is 44.2 Å². The second kappa shape index (κ2) is 6.98. The molecular formula is C17H15ClN2O2S. The zero-order chi connectivity index (χ0) is 16.2. The van der Waals surface area contributed by atoms with Gasteiger partial charge >= 0.3 is 0 Å². The van der Waals surface area contributed by atoms with E-state index in [0.29, 0.717) is 15.9 Å². The Morgan fingerprint density at radius 1 is 1.30 bits per heavy atom.